The Balaban J connectivity index is 2.34. The minimum absolute atomic E-state index is 0.376. The maximum absolute atomic E-state index is 11.1. The van der Waals surface area contributed by atoms with Gasteiger partial charge in [-0.05, 0) is 33.2 Å². The molecule has 0 aromatic carbocycles. The minimum Gasteiger partial charge on any atom is -0.480 e. The zero-order valence-electron chi connectivity index (χ0n) is 11.0. The number of nitrogens with zero attached hydrogens (tertiary/aromatic N) is 1. The number of carboxylic acids is 1. The third-order valence-corrected chi connectivity index (χ3v) is 3.82. The first-order valence-electron chi connectivity index (χ1n) is 6.19. The molecule has 0 amide bonds. The number of carboxylic acid groups (broad SMARTS) is 1. The van der Waals surface area contributed by atoms with Crippen molar-refractivity contribution in [3.8, 4) is 0 Å². The van der Waals surface area contributed by atoms with Crippen molar-refractivity contribution in [1.29, 1.82) is 0 Å². The molecule has 5 nitrogen and oxygen atoms in total. The van der Waals surface area contributed by atoms with Gasteiger partial charge in [0.25, 0.3) is 0 Å². The number of carbonyl (C=O) groups is 1. The predicted molar refractivity (Wildman–Crippen MR) is 66.2 cm³/mol. The summed E-state index contributed by atoms with van der Waals surface area (Å²) in [5.74, 6) is -0.785. The van der Waals surface area contributed by atoms with Gasteiger partial charge in [0, 0.05) is 26.7 Å². The molecule has 0 aromatic rings. The highest BCUT2D eigenvalue weighted by molar-refractivity contribution is 5.78. The van der Waals surface area contributed by atoms with E-state index in [9.17, 15) is 4.79 Å². The van der Waals surface area contributed by atoms with E-state index in [0.717, 1.165) is 32.5 Å². The second-order valence-corrected chi connectivity index (χ2v) is 4.91. The smallest absolute Gasteiger partial charge is 0.323 e. The summed E-state index contributed by atoms with van der Waals surface area (Å²) in [7, 11) is 3.45. The zero-order valence-corrected chi connectivity index (χ0v) is 11.0. The van der Waals surface area contributed by atoms with Gasteiger partial charge in [-0.1, -0.05) is 0 Å². The molecule has 1 rings (SSSR count). The number of nitrogens with one attached hydrogen (secondary N) is 1. The molecule has 1 aliphatic heterocycles. The van der Waals surface area contributed by atoms with Gasteiger partial charge in [0.15, 0.2) is 0 Å². The molecule has 100 valence electrons. The first-order valence-corrected chi connectivity index (χ1v) is 6.19. The summed E-state index contributed by atoms with van der Waals surface area (Å²) >= 11 is 0. The van der Waals surface area contributed by atoms with Crippen molar-refractivity contribution >= 4 is 5.97 Å². The topological polar surface area (TPSA) is 61.8 Å². The van der Waals surface area contributed by atoms with Crippen LogP contribution in [0.15, 0.2) is 0 Å². The predicted octanol–water partition coefficient (Wildman–Crippen LogP) is 0.550. The summed E-state index contributed by atoms with van der Waals surface area (Å²) in [5, 5.41) is 12.0. The summed E-state index contributed by atoms with van der Waals surface area (Å²) in [4.78, 5) is 13.4. The number of aliphatic carboxylic acids is 1. The Hall–Kier alpha value is -0.650. The number of piperidine rings is 1. The van der Waals surface area contributed by atoms with Gasteiger partial charge in [-0.15, -0.1) is 0 Å². The number of ether oxygens (including phenoxy) is 1. The molecule has 2 N–H and O–H groups in total. The van der Waals surface area contributed by atoms with Crippen LogP contribution in [0.1, 0.15) is 26.2 Å². The van der Waals surface area contributed by atoms with Crippen molar-refractivity contribution in [2.24, 2.45) is 0 Å². The molecular formula is C12H24N2O3. The summed E-state index contributed by atoms with van der Waals surface area (Å²) in [6.45, 7) is 4.55. The van der Waals surface area contributed by atoms with Crippen LogP contribution in [0.4, 0.5) is 0 Å². The maximum Gasteiger partial charge on any atom is 0.323 e. The Bertz CT molecular complexity index is 252. The van der Waals surface area contributed by atoms with Gasteiger partial charge >= 0.3 is 5.97 Å². The average molecular weight is 244 g/mol. The van der Waals surface area contributed by atoms with Gasteiger partial charge < -0.3 is 20.1 Å². The number of likely N-dealkylation sites (tertiary alicyclic amines) is 1. The minimum atomic E-state index is -0.821. The lowest BCUT2D eigenvalue weighted by Crippen LogP contribution is -2.50. The second kappa shape index (κ2) is 6.33. The molecule has 0 saturated carbocycles. The van der Waals surface area contributed by atoms with Crippen molar-refractivity contribution in [2.75, 3.05) is 33.8 Å². The van der Waals surface area contributed by atoms with Crippen LogP contribution in [0.25, 0.3) is 0 Å². The maximum atomic E-state index is 11.1. The Labute approximate surface area is 103 Å². The van der Waals surface area contributed by atoms with E-state index in [0.29, 0.717) is 12.5 Å². The second-order valence-electron chi connectivity index (χ2n) is 4.91. The van der Waals surface area contributed by atoms with E-state index >= 15 is 0 Å². The van der Waals surface area contributed by atoms with Crippen molar-refractivity contribution in [1.82, 2.24) is 10.2 Å². The van der Waals surface area contributed by atoms with Crippen LogP contribution in [0, 0.1) is 0 Å². The van der Waals surface area contributed by atoms with Crippen LogP contribution < -0.4 is 5.32 Å². The van der Waals surface area contributed by atoms with E-state index in [-0.39, 0.29) is 0 Å². The normalized spacial score (nSPS) is 22.3. The third-order valence-electron chi connectivity index (χ3n) is 3.82. The van der Waals surface area contributed by atoms with Crippen molar-refractivity contribution in [3.05, 3.63) is 0 Å². The van der Waals surface area contributed by atoms with Gasteiger partial charge in [-0.2, -0.15) is 0 Å². The zero-order chi connectivity index (χ0) is 12.9. The SMILES string of the molecule is CNC(C)(CCN1CCC(OC)CC1)C(=O)O. The number of rotatable bonds is 6. The van der Waals surface area contributed by atoms with E-state index < -0.39 is 11.5 Å². The fourth-order valence-electron chi connectivity index (χ4n) is 2.09. The van der Waals surface area contributed by atoms with Gasteiger partial charge in [0.05, 0.1) is 6.10 Å². The van der Waals surface area contributed by atoms with Crippen LogP contribution in [-0.4, -0.2) is 61.4 Å². The number of hydrogen-bond donors (Lipinski definition) is 2. The van der Waals surface area contributed by atoms with Crippen LogP contribution in [0.3, 0.4) is 0 Å². The molecule has 5 heteroatoms. The molecule has 1 atom stereocenters. The first kappa shape index (κ1) is 14.4. The monoisotopic (exact) mass is 244 g/mol. The molecule has 1 aliphatic rings. The highest BCUT2D eigenvalue weighted by Gasteiger charge is 2.31. The molecule has 0 aliphatic carbocycles. The molecule has 1 unspecified atom stereocenters. The molecule has 0 spiro atoms. The number of methoxy groups -OCH3 is 1. The fourth-order valence-corrected chi connectivity index (χ4v) is 2.09. The van der Waals surface area contributed by atoms with E-state index in [1.807, 2.05) is 0 Å². The largest absolute Gasteiger partial charge is 0.480 e. The van der Waals surface area contributed by atoms with Crippen LogP contribution in [0.2, 0.25) is 0 Å². The van der Waals surface area contributed by atoms with Gasteiger partial charge in [-0.25, -0.2) is 0 Å². The Kier molecular flexibility index (Phi) is 5.36. The van der Waals surface area contributed by atoms with Crippen molar-refractivity contribution in [2.45, 2.75) is 37.8 Å². The quantitative estimate of drug-likeness (QED) is 0.714. The Morgan fingerprint density at radius 1 is 1.53 bits per heavy atom. The highest BCUT2D eigenvalue weighted by atomic mass is 16.5. The number of hydrogen-bond acceptors (Lipinski definition) is 4. The van der Waals surface area contributed by atoms with E-state index in [1.54, 1.807) is 21.1 Å². The van der Waals surface area contributed by atoms with Crippen molar-refractivity contribution < 1.29 is 14.6 Å². The molecule has 1 fully saturated rings. The Morgan fingerprint density at radius 3 is 2.53 bits per heavy atom. The van der Waals surface area contributed by atoms with Gasteiger partial charge in [0.2, 0.25) is 0 Å². The molecule has 0 radical (unpaired) electrons. The average Bonchev–Trinajstić information content (AvgIpc) is 2.36. The van der Waals surface area contributed by atoms with Gasteiger partial charge in [-0.3, -0.25) is 4.79 Å². The fraction of sp³-hybridized carbons (Fsp3) is 0.917. The first-order chi connectivity index (χ1) is 8.01. The summed E-state index contributed by atoms with van der Waals surface area (Å²) in [5.41, 5.74) is -0.821. The highest BCUT2D eigenvalue weighted by Crippen LogP contribution is 2.16. The lowest BCUT2D eigenvalue weighted by molar-refractivity contribution is -0.144. The van der Waals surface area contributed by atoms with E-state index in [4.69, 9.17) is 9.84 Å². The summed E-state index contributed by atoms with van der Waals surface area (Å²) < 4.78 is 5.31. The van der Waals surface area contributed by atoms with Crippen LogP contribution in [0.5, 0.6) is 0 Å². The summed E-state index contributed by atoms with van der Waals surface area (Å²) in [6, 6.07) is 0. The molecule has 1 heterocycles. The van der Waals surface area contributed by atoms with Crippen molar-refractivity contribution in [3.63, 3.8) is 0 Å². The molecule has 1 saturated heterocycles. The molecule has 17 heavy (non-hydrogen) atoms. The third kappa shape index (κ3) is 3.94. The van der Waals surface area contributed by atoms with E-state index in [1.165, 1.54) is 0 Å². The van der Waals surface area contributed by atoms with Crippen LogP contribution in [-0.2, 0) is 9.53 Å². The molecule has 0 aromatic heterocycles. The van der Waals surface area contributed by atoms with Gasteiger partial charge in [0.1, 0.15) is 5.54 Å². The lowest BCUT2D eigenvalue weighted by atomic mass is 9.97. The van der Waals surface area contributed by atoms with Crippen LogP contribution >= 0.6 is 0 Å². The van der Waals surface area contributed by atoms with E-state index in [2.05, 4.69) is 10.2 Å². The number of likely N-dealkylation sites (N-methyl/N-ethyl adjacent to an activating group) is 1. The molecular weight excluding hydrogens is 220 g/mol. The summed E-state index contributed by atoms with van der Waals surface area (Å²) in [6.07, 6.45) is 3.08. The Morgan fingerprint density at radius 2 is 2.12 bits per heavy atom. The standard InChI is InChI=1S/C12H24N2O3/c1-12(13-2,11(15)16)6-9-14-7-4-10(17-3)5-8-14/h10,13H,4-9H2,1-3H3,(H,15,16). The lowest BCUT2D eigenvalue weighted by Gasteiger charge is -2.33. The molecule has 0 bridgehead atoms.